The van der Waals surface area contributed by atoms with E-state index in [1.165, 1.54) is 16.7 Å². The number of ether oxygens (including phenoxy) is 1. The van der Waals surface area contributed by atoms with Crippen LogP contribution in [-0.4, -0.2) is 6.09 Å². The van der Waals surface area contributed by atoms with E-state index >= 15 is 0 Å². The molecule has 0 unspecified atom stereocenters. The molecule has 0 atom stereocenters. The van der Waals surface area contributed by atoms with E-state index in [2.05, 4.69) is 36.5 Å². The SMILES string of the molecule is CCc1ccc(Cc2ccc(NC(=O)OCc3ccccc3)cc2)cc1. The number of benzene rings is 3. The number of anilines is 1. The first kappa shape index (κ1) is 17.7. The Morgan fingerprint density at radius 3 is 1.96 bits per heavy atom. The molecule has 0 radical (unpaired) electrons. The zero-order chi connectivity index (χ0) is 18.2. The van der Waals surface area contributed by atoms with Crippen molar-refractivity contribution < 1.29 is 9.53 Å². The van der Waals surface area contributed by atoms with E-state index in [9.17, 15) is 4.79 Å². The van der Waals surface area contributed by atoms with Crippen LogP contribution in [0.1, 0.15) is 29.2 Å². The number of aryl methyl sites for hydroxylation is 1. The van der Waals surface area contributed by atoms with Gasteiger partial charge in [0.05, 0.1) is 0 Å². The molecule has 3 heteroatoms. The zero-order valence-electron chi connectivity index (χ0n) is 14.9. The van der Waals surface area contributed by atoms with Crippen molar-refractivity contribution in [1.29, 1.82) is 0 Å². The molecule has 3 aromatic carbocycles. The molecule has 1 N–H and O–H groups in total. The Balaban J connectivity index is 1.51. The second-order valence-electron chi connectivity index (χ2n) is 6.23. The quantitative estimate of drug-likeness (QED) is 0.632. The van der Waals surface area contributed by atoms with Crippen molar-refractivity contribution >= 4 is 11.8 Å². The van der Waals surface area contributed by atoms with Gasteiger partial charge in [0.2, 0.25) is 0 Å². The van der Waals surface area contributed by atoms with Crippen LogP contribution in [-0.2, 0) is 24.2 Å². The van der Waals surface area contributed by atoms with Gasteiger partial charge in [0.15, 0.2) is 0 Å². The van der Waals surface area contributed by atoms with Crippen LogP contribution < -0.4 is 5.32 Å². The summed E-state index contributed by atoms with van der Waals surface area (Å²) in [6.45, 7) is 2.42. The molecule has 132 valence electrons. The fourth-order valence-corrected chi connectivity index (χ4v) is 2.71. The lowest BCUT2D eigenvalue weighted by atomic mass is 10.0. The molecule has 0 heterocycles. The van der Waals surface area contributed by atoms with Crippen LogP contribution in [0.5, 0.6) is 0 Å². The summed E-state index contributed by atoms with van der Waals surface area (Å²) in [7, 11) is 0. The molecular weight excluding hydrogens is 322 g/mol. The highest BCUT2D eigenvalue weighted by Crippen LogP contribution is 2.15. The van der Waals surface area contributed by atoms with E-state index in [0.717, 1.165) is 24.1 Å². The molecular formula is C23H23NO2. The third-order valence-corrected chi connectivity index (χ3v) is 4.25. The van der Waals surface area contributed by atoms with Crippen molar-refractivity contribution in [1.82, 2.24) is 0 Å². The summed E-state index contributed by atoms with van der Waals surface area (Å²) < 4.78 is 5.23. The van der Waals surface area contributed by atoms with Gasteiger partial charge in [0, 0.05) is 5.69 Å². The van der Waals surface area contributed by atoms with Gasteiger partial charge in [-0.2, -0.15) is 0 Å². The van der Waals surface area contributed by atoms with Gasteiger partial charge in [0.25, 0.3) is 0 Å². The van der Waals surface area contributed by atoms with Crippen molar-refractivity contribution in [3.8, 4) is 0 Å². The molecule has 0 aliphatic heterocycles. The highest BCUT2D eigenvalue weighted by molar-refractivity contribution is 5.84. The molecule has 0 bridgehead atoms. The number of nitrogens with one attached hydrogen (secondary N) is 1. The molecule has 0 aliphatic carbocycles. The highest BCUT2D eigenvalue weighted by atomic mass is 16.5. The fourth-order valence-electron chi connectivity index (χ4n) is 2.71. The summed E-state index contributed by atoms with van der Waals surface area (Å²) in [5.41, 5.74) is 5.53. The van der Waals surface area contributed by atoms with Crippen molar-refractivity contribution in [2.75, 3.05) is 5.32 Å². The van der Waals surface area contributed by atoms with Crippen LogP contribution >= 0.6 is 0 Å². The maximum Gasteiger partial charge on any atom is 0.411 e. The number of amides is 1. The molecule has 0 spiro atoms. The average molecular weight is 345 g/mol. The summed E-state index contributed by atoms with van der Waals surface area (Å²) in [6, 6.07) is 26.2. The minimum atomic E-state index is -0.447. The molecule has 1 amide bonds. The Bertz CT molecular complexity index is 824. The number of hydrogen-bond acceptors (Lipinski definition) is 2. The monoisotopic (exact) mass is 345 g/mol. The Kier molecular flexibility index (Phi) is 6.05. The molecule has 3 rings (SSSR count). The van der Waals surface area contributed by atoms with Crippen LogP contribution in [0.4, 0.5) is 10.5 Å². The van der Waals surface area contributed by atoms with Gasteiger partial charge in [0.1, 0.15) is 6.61 Å². The van der Waals surface area contributed by atoms with Gasteiger partial charge in [-0.05, 0) is 47.2 Å². The van der Waals surface area contributed by atoms with Gasteiger partial charge in [-0.25, -0.2) is 4.79 Å². The summed E-state index contributed by atoms with van der Waals surface area (Å²) in [6.07, 6.45) is 1.49. The van der Waals surface area contributed by atoms with Crippen LogP contribution in [0, 0.1) is 0 Å². The first-order chi connectivity index (χ1) is 12.7. The Morgan fingerprint density at radius 1 is 0.769 bits per heavy atom. The lowest BCUT2D eigenvalue weighted by Gasteiger charge is -2.08. The van der Waals surface area contributed by atoms with Crippen molar-refractivity contribution in [3.05, 3.63) is 101 Å². The minimum Gasteiger partial charge on any atom is -0.444 e. The maximum absolute atomic E-state index is 11.9. The number of rotatable bonds is 6. The number of carbonyl (C=O) groups is 1. The molecule has 26 heavy (non-hydrogen) atoms. The zero-order valence-corrected chi connectivity index (χ0v) is 14.9. The van der Waals surface area contributed by atoms with Crippen LogP contribution in [0.15, 0.2) is 78.9 Å². The van der Waals surface area contributed by atoms with E-state index < -0.39 is 6.09 Å². The van der Waals surface area contributed by atoms with Crippen molar-refractivity contribution in [2.24, 2.45) is 0 Å². The number of carbonyl (C=O) groups excluding carboxylic acids is 1. The van der Waals surface area contributed by atoms with Gasteiger partial charge in [-0.1, -0.05) is 73.7 Å². The van der Waals surface area contributed by atoms with Gasteiger partial charge in [-0.15, -0.1) is 0 Å². The molecule has 0 aromatic heterocycles. The predicted molar refractivity (Wildman–Crippen MR) is 105 cm³/mol. The minimum absolute atomic E-state index is 0.262. The maximum atomic E-state index is 11.9. The van der Waals surface area contributed by atoms with Crippen molar-refractivity contribution in [2.45, 2.75) is 26.4 Å². The lowest BCUT2D eigenvalue weighted by Crippen LogP contribution is -2.13. The van der Waals surface area contributed by atoms with E-state index in [4.69, 9.17) is 4.74 Å². The van der Waals surface area contributed by atoms with Crippen molar-refractivity contribution in [3.63, 3.8) is 0 Å². The van der Waals surface area contributed by atoms with Crippen LogP contribution in [0.25, 0.3) is 0 Å². The summed E-state index contributed by atoms with van der Waals surface area (Å²) >= 11 is 0. The first-order valence-corrected chi connectivity index (χ1v) is 8.87. The Labute approximate surface area is 154 Å². The van der Waals surface area contributed by atoms with E-state index in [1.54, 1.807) is 0 Å². The third kappa shape index (κ3) is 5.21. The fraction of sp³-hybridized carbons (Fsp3) is 0.174. The van der Waals surface area contributed by atoms with Crippen LogP contribution in [0.3, 0.4) is 0 Å². The van der Waals surface area contributed by atoms with Crippen LogP contribution in [0.2, 0.25) is 0 Å². The van der Waals surface area contributed by atoms with E-state index in [1.807, 2.05) is 54.6 Å². The molecule has 0 saturated heterocycles. The normalized spacial score (nSPS) is 10.3. The van der Waals surface area contributed by atoms with Gasteiger partial charge >= 0.3 is 6.09 Å². The summed E-state index contributed by atoms with van der Waals surface area (Å²) in [5, 5.41) is 2.76. The highest BCUT2D eigenvalue weighted by Gasteiger charge is 2.04. The molecule has 3 aromatic rings. The largest absolute Gasteiger partial charge is 0.444 e. The standard InChI is InChI=1S/C23H23NO2/c1-2-18-8-10-19(11-9-18)16-20-12-14-22(15-13-20)24-23(25)26-17-21-6-4-3-5-7-21/h3-15H,2,16-17H2,1H3,(H,24,25). The predicted octanol–water partition coefficient (Wildman–Crippen LogP) is 5.59. The first-order valence-electron chi connectivity index (χ1n) is 8.87. The Hall–Kier alpha value is -3.07. The third-order valence-electron chi connectivity index (χ3n) is 4.25. The lowest BCUT2D eigenvalue weighted by molar-refractivity contribution is 0.155. The second kappa shape index (κ2) is 8.86. The smallest absolute Gasteiger partial charge is 0.411 e. The Morgan fingerprint density at radius 2 is 1.35 bits per heavy atom. The van der Waals surface area contributed by atoms with Gasteiger partial charge < -0.3 is 4.74 Å². The molecule has 0 aliphatic rings. The topological polar surface area (TPSA) is 38.3 Å². The van der Waals surface area contributed by atoms with E-state index in [-0.39, 0.29) is 6.61 Å². The van der Waals surface area contributed by atoms with E-state index in [0.29, 0.717) is 0 Å². The average Bonchev–Trinajstić information content (AvgIpc) is 2.69. The summed E-state index contributed by atoms with van der Waals surface area (Å²) in [5.74, 6) is 0. The number of hydrogen-bond donors (Lipinski definition) is 1. The molecule has 0 saturated carbocycles. The second-order valence-corrected chi connectivity index (χ2v) is 6.23. The summed E-state index contributed by atoms with van der Waals surface area (Å²) in [4.78, 5) is 11.9. The molecule has 3 nitrogen and oxygen atoms in total. The molecule has 0 fully saturated rings. The van der Waals surface area contributed by atoms with Gasteiger partial charge in [-0.3, -0.25) is 5.32 Å².